The van der Waals surface area contributed by atoms with Crippen LogP contribution in [0.25, 0.3) is 17.7 Å². The Balaban J connectivity index is 1.79. The molecule has 2 aromatic carbocycles. The summed E-state index contributed by atoms with van der Waals surface area (Å²) in [5.74, 6) is 0.762. The van der Waals surface area contributed by atoms with Crippen molar-refractivity contribution in [1.29, 1.82) is 0 Å². The smallest absolute Gasteiger partial charge is 0.263 e. The summed E-state index contributed by atoms with van der Waals surface area (Å²) in [5, 5.41) is 1.04. The molecule has 2 aromatic heterocycles. The molecule has 0 spiro atoms. The third kappa shape index (κ3) is 6.13. The van der Waals surface area contributed by atoms with Gasteiger partial charge < -0.3 is 14.2 Å². The minimum Gasteiger partial charge on any atom is -0.490 e. The molecule has 10 nitrogen and oxygen atoms in total. The molecule has 0 radical (unpaired) electrons. The van der Waals surface area contributed by atoms with Gasteiger partial charge in [-0.15, -0.1) is 0 Å². The molecule has 0 atom stereocenters. The monoisotopic (exact) mass is 505 g/mol. The number of anilines is 1. The average molecular weight is 506 g/mol. The second-order valence-electron chi connectivity index (χ2n) is 7.15. The molecule has 0 unspecified atom stereocenters. The predicted octanol–water partition coefficient (Wildman–Crippen LogP) is 4.55. The molecule has 4 aromatic rings. The molecule has 36 heavy (non-hydrogen) atoms. The number of rotatable bonds is 10. The topological polar surface area (TPSA) is 125 Å². The van der Waals surface area contributed by atoms with Gasteiger partial charge >= 0.3 is 0 Å². The molecular formula is C25H23N5O5S. The summed E-state index contributed by atoms with van der Waals surface area (Å²) in [6.45, 7) is 2.25. The highest BCUT2D eigenvalue weighted by molar-refractivity contribution is 7.95. The number of aromatic nitrogens is 4. The Morgan fingerprint density at radius 2 is 1.58 bits per heavy atom. The van der Waals surface area contributed by atoms with Crippen LogP contribution < -0.4 is 18.9 Å². The highest BCUT2D eigenvalue weighted by Crippen LogP contribution is 2.41. The number of hydrogen-bond donors (Lipinski definition) is 1. The van der Waals surface area contributed by atoms with Gasteiger partial charge in [-0.25, -0.2) is 23.4 Å². The number of methoxy groups -OCH3 is 1. The second-order valence-corrected chi connectivity index (χ2v) is 8.72. The summed E-state index contributed by atoms with van der Waals surface area (Å²) in [6.07, 6.45) is 4.51. The van der Waals surface area contributed by atoms with E-state index in [0.29, 0.717) is 23.7 Å². The summed E-state index contributed by atoms with van der Waals surface area (Å²) in [6, 6.07) is 17.6. The second kappa shape index (κ2) is 11.3. The van der Waals surface area contributed by atoms with E-state index < -0.39 is 10.0 Å². The van der Waals surface area contributed by atoms with E-state index in [-0.39, 0.29) is 29.1 Å². The van der Waals surface area contributed by atoms with Crippen molar-refractivity contribution in [2.75, 3.05) is 18.4 Å². The summed E-state index contributed by atoms with van der Waals surface area (Å²) in [5.41, 5.74) is 0.712. The molecule has 4 rings (SSSR count). The largest absolute Gasteiger partial charge is 0.490 e. The van der Waals surface area contributed by atoms with Crippen LogP contribution in [-0.4, -0.2) is 42.1 Å². The van der Waals surface area contributed by atoms with Crippen LogP contribution in [0.4, 0.5) is 5.82 Å². The van der Waals surface area contributed by atoms with Gasteiger partial charge in [0.25, 0.3) is 15.9 Å². The molecule has 0 aliphatic rings. The van der Waals surface area contributed by atoms with Gasteiger partial charge in [-0.1, -0.05) is 42.5 Å². The van der Waals surface area contributed by atoms with Crippen molar-refractivity contribution in [2.24, 2.45) is 0 Å². The van der Waals surface area contributed by atoms with Crippen molar-refractivity contribution in [2.45, 2.75) is 6.92 Å². The quantitative estimate of drug-likeness (QED) is 0.330. The first-order valence-electron chi connectivity index (χ1n) is 10.9. The first-order valence-corrected chi connectivity index (χ1v) is 12.4. The lowest BCUT2D eigenvalue weighted by atomic mass is 10.2. The molecular weight excluding hydrogens is 482 g/mol. The fourth-order valence-electron chi connectivity index (χ4n) is 3.06. The highest BCUT2D eigenvalue weighted by atomic mass is 32.2. The van der Waals surface area contributed by atoms with Crippen LogP contribution in [0, 0.1) is 0 Å². The number of ether oxygens (including phenoxy) is 3. The zero-order valence-corrected chi connectivity index (χ0v) is 20.3. The minimum atomic E-state index is -4.02. The van der Waals surface area contributed by atoms with Crippen LogP contribution >= 0.6 is 0 Å². The fraction of sp³-hybridized carbons (Fsp3) is 0.120. The van der Waals surface area contributed by atoms with Crippen molar-refractivity contribution >= 4 is 21.9 Å². The first kappa shape index (κ1) is 24.6. The summed E-state index contributed by atoms with van der Waals surface area (Å²) >= 11 is 0. The van der Waals surface area contributed by atoms with Gasteiger partial charge in [-0.05, 0) is 36.8 Å². The standard InChI is InChI=1S/C25H23N5O5S/c1-3-34-19-12-7-8-13-20(19)35-21-22(30-36(31,32)17-14-18-10-5-4-6-11-18)28-24(29-25(21)33-2)23-26-15-9-16-27-23/h4-17H,3H2,1-2H3,(H,28,29,30)/b17-14+. The fourth-order valence-corrected chi connectivity index (χ4v) is 3.88. The van der Waals surface area contributed by atoms with Crippen LogP contribution in [-0.2, 0) is 10.0 Å². The normalized spacial score (nSPS) is 11.3. The summed E-state index contributed by atoms with van der Waals surface area (Å²) < 4.78 is 45.5. The van der Waals surface area contributed by atoms with E-state index >= 15 is 0 Å². The van der Waals surface area contributed by atoms with Crippen molar-refractivity contribution in [1.82, 2.24) is 19.9 Å². The Morgan fingerprint density at radius 3 is 2.28 bits per heavy atom. The van der Waals surface area contributed by atoms with Gasteiger partial charge in [0, 0.05) is 12.4 Å². The Labute approximate surface area is 208 Å². The molecule has 1 N–H and O–H groups in total. The van der Waals surface area contributed by atoms with Gasteiger partial charge in [0.05, 0.1) is 19.1 Å². The van der Waals surface area contributed by atoms with Crippen molar-refractivity contribution < 1.29 is 22.6 Å². The third-order valence-electron chi connectivity index (χ3n) is 4.63. The maximum Gasteiger partial charge on any atom is 0.263 e. The number of nitrogens with zero attached hydrogens (tertiary/aromatic N) is 4. The van der Waals surface area contributed by atoms with Crippen molar-refractivity contribution in [3.05, 3.63) is 84.0 Å². The molecule has 184 valence electrons. The molecule has 2 heterocycles. The van der Waals surface area contributed by atoms with Gasteiger partial charge in [0.2, 0.25) is 11.6 Å². The van der Waals surface area contributed by atoms with Crippen molar-refractivity contribution in [3.63, 3.8) is 0 Å². The molecule has 0 aliphatic heterocycles. The molecule has 11 heteroatoms. The maximum atomic E-state index is 13.0. The van der Waals surface area contributed by atoms with Gasteiger partial charge in [0.1, 0.15) is 0 Å². The maximum absolute atomic E-state index is 13.0. The van der Waals surface area contributed by atoms with Gasteiger partial charge in [0.15, 0.2) is 23.1 Å². The van der Waals surface area contributed by atoms with Crippen LogP contribution in [0.3, 0.4) is 0 Å². The minimum absolute atomic E-state index is 0.0245. The number of hydrogen-bond acceptors (Lipinski definition) is 9. The predicted molar refractivity (Wildman–Crippen MR) is 135 cm³/mol. The van der Waals surface area contributed by atoms with Crippen LogP contribution in [0.2, 0.25) is 0 Å². The zero-order valence-electron chi connectivity index (χ0n) is 19.5. The SMILES string of the molecule is CCOc1ccccc1Oc1c(NS(=O)(=O)/C=C/c2ccccc2)nc(-c2ncccn2)nc1OC. The number of para-hydroxylation sites is 2. The lowest BCUT2D eigenvalue weighted by Crippen LogP contribution is -2.13. The third-order valence-corrected chi connectivity index (χ3v) is 5.61. The van der Waals surface area contributed by atoms with E-state index in [0.717, 1.165) is 5.41 Å². The Bertz CT molecular complexity index is 1450. The molecule has 0 saturated heterocycles. The molecule has 0 bridgehead atoms. The van der Waals surface area contributed by atoms with E-state index in [1.807, 2.05) is 25.1 Å². The number of benzene rings is 2. The Morgan fingerprint density at radius 1 is 0.889 bits per heavy atom. The number of sulfonamides is 1. The van der Waals surface area contributed by atoms with Gasteiger partial charge in [-0.3, -0.25) is 4.72 Å². The average Bonchev–Trinajstić information content (AvgIpc) is 2.90. The van der Waals surface area contributed by atoms with E-state index in [2.05, 4.69) is 24.7 Å². The first-order chi connectivity index (χ1) is 17.5. The zero-order chi connectivity index (χ0) is 25.4. The lowest BCUT2D eigenvalue weighted by molar-refractivity contribution is 0.315. The Kier molecular flexibility index (Phi) is 7.71. The van der Waals surface area contributed by atoms with Crippen LogP contribution in [0.1, 0.15) is 12.5 Å². The highest BCUT2D eigenvalue weighted by Gasteiger charge is 2.23. The van der Waals surface area contributed by atoms with E-state index in [4.69, 9.17) is 14.2 Å². The molecule has 0 saturated carbocycles. The number of nitrogens with one attached hydrogen (secondary N) is 1. The van der Waals surface area contributed by atoms with E-state index in [9.17, 15) is 8.42 Å². The molecule has 0 aliphatic carbocycles. The summed E-state index contributed by atoms with van der Waals surface area (Å²) in [4.78, 5) is 17.0. The van der Waals surface area contributed by atoms with Crippen LogP contribution in [0.5, 0.6) is 23.1 Å². The van der Waals surface area contributed by atoms with Crippen molar-refractivity contribution in [3.8, 4) is 34.8 Å². The lowest BCUT2D eigenvalue weighted by Gasteiger charge is -2.16. The molecule has 0 fully saturated rings. The Hall–Kier alpha value is -4.51. The van der Waals surface area contributed by atoms with Crippen LogP contribution in [0.15, 0.2) is 78.5 Å². The summed E-state index contributed by atoms with van der Waals surface area (Å²) in [7, 11) is -2.64. The van der Waals surface area contributed by atoms with Gasteiger partial charge in [-0.2, -0.15) is 4.98 Å². The van der Waals surface area contributed by atoms with E-state index in [1.165, 1.54) is 25.6 Å². The van der Waals surface area contributed by atoms with E-state index in [1.54, 1.807) is 42.5 Å². The molecule has 0 amide bonds.